The summed E-state index contributed by atoms with van der Waals surface area (Å²) in [6.07, 6.45) is 4.40. The molecule has 3 aromatic rings. The van der Waals surface area contributed by atoms with E-state index >= 15 is 0 Å². The van der Waals surface area contributed by atoms with Gasteiger partial charge in [-0.25, -0.2) is 4.98 Å². The van der Waals surface area contributed by atoms with Gasteiger partial charge in [0.15, 0.2) is 0 Å². The summed E-state index contributed by atoms with van der Waals surface area (Å²) in [6.45, 7) is 0.781. The van der Waals surface area contributed by atoms with Gasteiger partial charge in [-0.15, -0.1) is 0 Å². The molecule has 1 aromatic heterocycles. The summed E-state index contributed by atoms with van der Waals surface area (Å²) in [7, 11) is 5.72. The lowest BCUT2D eigenvalue weighted by Gasteiger charge is -2.30. The first-order chi connectivity index (χ1) is 15.0. The second-order valence-electron chi connectivity index (χ2n) is 8.31. The molecule has 31 heavy (non-hydrogen) atoms. The van der Waals surface area contributed by atoms with E-state index in [0.717, 1.165) is 60.3 Å². The average molecular weight is 440 g/mol. The number of fused-ring (bicyclic) bond motifs is 1. The minimum Gasteiger partial charge on any atom is -0.496 e. The number of hydrogen-bond acceptors (Lipinski definition) is 6. The van der Waals surface area contributed by atoms with Crippen LogP contribution in [0, 0.1) is 0 Å². The van der Waals surface area contributed by atoms with Gasteiger partial charge in [0.05, 0.1) is 12.6 Å². The summed E-state index contributed by atoms with van der Waals surface area (Å²) < 4.78 is 5.45. The van der Waals surface area contributed by atoms with Crippen LogP contribution in [-0.2, 0) is 6.54 Å². The van der Waals surface area contributed by atoms with Gasteiger partial charge < -0.3 is 20.3 Å². The largest absolute Gasteiger partial charge is 0.496 e. The van der Waals surface area contributed by atoms with Crippen LogP contribution in [0.15, 0.2) is 42.5 Å². The van der Waals surface area contributed by atoms with Gasteiger partial charge in [-0.3, -0.25) is 0 Å². The molecule has 0 atom stereocenters. The molecule has 0 unspecified atom stereocenters. The number of benzene rings is 2. The highest BCUT2D eigenvalue weighted by Gasteiger charge is 2.22. The Bertz CT molecular complexity index is 1030. The van der Waals surface area contributed by atoms with Crippen LogP contribution in [0.3, 0.4) is 0 Å². The normalized spacial score (nSPS) is 18.7. The Morgan fingerprint density at radius 1 is 1.03 bits per heavy atom. The highest BCUT2D eigenvalue weighted by Crippen LogP contribution is 2.27. The minimum atomic E-state index is 0.388. The summed E-state index contributed by atoms with van der Waals surface area (Å²) in [5.41, 5.74) is 2.10. The van der Waals surface area contributed by atoms with E-state index in [-0.39, 0.29) is 0 Å². The second kappa shape index (κ2) is 9.71. The lowest BCUT2D eigenvalue weighted by Crippen LogP contribution is -2.37. The smallest absolute Gasteiger partial charge is 0.225 e. The third-order valence-electron chi connectivity index (χ3n) is 5.90. The molecule has 2 N–H and O–H groups in total. The van der Waals surface area contributed by atoms with Crippen LogP contribution in [0.25, 0.3) is 10.9 Å². The first-order valence-corrected chi connectivity index (χ1v) is 11.2. The predicted molar refractivity (Wildman–Crippen MR) is 128 cm³/mol. The molecule has 0 spiro atoms. The van der Waals surface area contributed by atoms with Crippen LogP contribution in [0.1, 0.15) is 31.2 Å². The SMILES string of the molecule is COc1cc(Cl)ccc1CNC1CCC(Nc2nc(N(C)C)c3ccccc3n2)CC1. The number of nitrogens with one attached hydrogen (secondary N) is 2. The number of anilines is 2. The molecule has 2 aromatic carbocycles. The number of ether oxygens (including phenoxy) is 1. The monoisotopic (exact) mass is 439 g/mol. The summed E-state index contributed by atoms with van der Waals surface area (Å²) >= 11 is 6.07. The van der Waals surface area contributed by atoms with Gasteiger partial charge in [0.25, 0.3) is 0 Å². The van der Waals surface area contributed by atoms with Crippen LogP contribution in [0.5, 0.6) is 5.75 Å². The van der Waals surface area contributed by atoms with Crippen molar-refractivity contribution in [2.75, 3.05) is 31.4 Å². The topological polar surface area (TPSA) is 62.3 Å². The van der Waals surface area contributed by atoms with E-state index in [1.54, 1.807) is 7.11 Å². The second-order valence-corrected chi connectivity index (χ2v) is 8.75. The molecule has 1 saturated carbocycles. The summed E-state index contributed by atoms with van der Waals surface area (Å²) in [4.78, 5) is 11.6. The van der Waals surface area contributed by atoms with Gasteiger partial charge >= 0.3 is 0 Å². The highest BCUT2D eigenvalue weighted by molar-refractivity contribution is 6.30. The Balaban J connectivity index is 1.34. The number of methoxy groups -OCH3 is 1. The number of para-hydroxylation sites is 1. The molecular formula is C24H30ClN5O. The Kier molecular flexibility index (Phi) is 6.78. The van der Waals surface area contributed by atoms with Gasteiger partial charge in [0, 0.05) is 48.7 Å². The van der Waals surface area contributed by atoms with Gasteiger partial charge in [0.1, 0.15) is 11.6 Å². The quantitative estimate of drug-likeness (QED) is 0.547. The van der Waals surface area contributed by atoms with Gasteiger partial charge in [-0.05, 0) is 49.9 Å². The molecule has 0 radical (unpaired) electrons. The molecule has 0 amide bonds. The molecular weight excluding hydrogens is 410 g/mol. The van der Waals surface area contributed by atoms with E-state index in [2.05, 4.69) is 16.7 Å². The average Bonchev–Trinajstić information content (AvgIpc) is 2.78. The molecule has 0 bridgehead atoms. The third kappa shape index (κ3) is 5.20. The Morgan fingerprint density at radius 3 is 2.52 bits per heavy atom. The maximum atomic E-state index is 6.07. The summed E-state index contributed by atoms with van der Waals surface area (Å²) in [5, 5.41) is 9.02. The van der Waals surface area contributed by atoms with Crippen molar-refractivity contribution in [1.82, 2.24) is 15.3 Å². The Labute approximate surface area is 189 Å². The van der Waals surface area contributed by atoms with Crippen LogP contribution < -0.4 is 20.3 Å². The number of halogens is 1. The van der Waals surface area contributed by atoms with E-state index in [1.807, 2.05) is 55.4 Å². The fourth-order valence-electron chi connectivity index (χ4n) is 4.21. The molecule has 7 heteroatoms. The number of rotatable bonds is 7. The van der Waals surface area contributed by atoms with Crippen LogP contribution >= 0.6 is 11.6 Å². The molecule has 1 fully saturated rings. The molecule has 6 nitrogen and oxygen atoms in total. The molecule has 1 aliphatic carbocycles. The van der Waals surface area contributed by atoms with E-state index in [0.29, 0.717) is 23.1 Å². The summed E-state index contributed by atoms with van der Waals surface area (Å²) in [6, 6.07) is 14.8. The lowest BCUT2D eigenvalue weighted by atomic mass is 9.91. The zero-order valence-corrected chi connectivity index (χ0v) is 19.1. The number of nitrogens with zero attached hydrogens (tertiary/aromatic N) is 3. The van der Waals surface area contributed by atoms with E-state index in [9.17, 15) is 0 Å². The molecule has 1 heterocycles. The molecule has 1 aliphatic rings. The third-order valence-corrected chi connectivity index (χ3v) is 6.13. The fourth-order valence-corrected chi connectivity index (χ4v) is 4.37. The fraction of sp³-hybridized carbons (Fsp3) is 0.417. The van der Waals surface area contributed by atoms with Crippen molar-refractivity contribution < 1.29 is 4.74 Å². The van der Waals surface area contributed by atoms with Crippen molar-refractivity contribution in [2.24, 2.45) is 0 Å². The first kappa shape index (κ1) is 21.7. The van der Waals surface area contributed by atoms with Crippen molar-refractivity contribution in [3.05, 3.63) is 53.1 Å². The van der Waals surface area contributed by atoms with Crippen molar-refractivity contribution in [1.29, 1.82) is 0 Å². The molecule has 0 aliphatic heterocycles. The van der Waals surface area contributed by atoms with Crippen LogP contribution in [0.4, 0.5) is 11.8 Å². The van der Waals surface area contributed by atoms with E-state index in [1.165, 1.54) is 0 Å². The van der Waals surface area contributed by atoms with Gasteiger partial charge in [-0.2, -0.15) is 4.98 Å². The van der Waals surface area contributed by atoms with E-state index < -0.39 is 0 Å². The number of aromatic nitrogens is 2. The molecule has 0 saturated heterocycles. The summed E-state index contributed by atoms with van der Waals surface area (Å²) in [5.74, 6) is 2.49. The zero-order chi connectivity index (χ0) is 21.8. The van der Waals surface area contributed by atoms with Crippen molar-refractivity contribution >= 4 is 34.3 Å². The standard InChI is InChI=1S/C24H30ClN5O/c1-30(2)23-20-6-4-5-7-21(20)28-24(29-23)27-19-12-10-18(11-13-19)26-15-16-8-9-17(25)14-22(16)31-3/h4-9,14,18-19,26H,10-13,15H2,1-3H3,(H,27,28,29). The molecule has 4 rings (SSSR count). The van der Waals surface area contributed by atoms with Crippen LogP contribution in [0.2, 0.25) is 5.02 Å². The van der Waals surface area contributed by atoms with Crippen molar-refractivity contribution in [3.8, 4) is 5.75 Å². The highest BCUT2D eigenvalue weighted by atomic mass is 35.5. The lowest BCUT2D eigenvalue weighted by molar-refractivity contribution is 0.348. The maximum absolute atomic E-state index is 6.07. The number of hydrogen-bond donors (Lipinski definition) is 2. The van der Waals surface area contributed by atoms with Crippen LogP contribution in [-0.4, -0.2) is 43.3 Å². The first-order valence-electron chi connectivity index (χ1n) is 10.8. The molecule has 164 valence electrons. The zero-order valence-electron chi connectivity index (χ0n) is 18.4. The van der Waals surface area contributed by atoms with Gasteiger partial charge in [0.2, 0.25) is 5.95 Å². The Hall–Kier alpha value is -2.57. The predicted octanol–water partition coefficient (Wildman–Crippen LogP) is 4.87. The minimum absolute atomic E-state index is 0.388. The van der Waals surface area contributed by atoms with Gasteiger partial charge in [-0.1, -0.05) is 29.8 Å². The van der Waals surface area contributed by atoms with Crippen molar-refractivity contribution in [2.45, 2.75) is 44.3 Å². The van der Waals surface area contributed by atoms with E-state index in [4.69, 9.17) is 26.3 Å². The van der Waals surface area contributed by atoms with Crippen molar-refractivity contribution in [3.63, 3.8) is 0 Å². The maximum Gasteiger partial charge on any atom is 0.225 e. The Morgan fingerprint density at radius 2 is 1.77 bits per heavy atom.